The Balaban J connectivity index is 1.29. The maximum atomic E-state index is 2.32. The van der Waals surface area contributed by atoms with Gasteiger partial charge in [-0.2, -0.15) is 0 Å². The number of fused-ring (bicyclic) bond motifs is 2. The third kappa shape index (κ3) is 4.13. The first-order valence-electron chi connectivity index (χ1n) is 11.2. The second kappa shape index (κ2) is 8.97. The van der Waals surface area contributed by atoms with Gasteiger partial charge in [0.2, 0.25) is 0 Å². The fourth-order valence-electron chi connectivity index (χ4n) is 4.33. The molecule has 1 aliphatic heterocycles. The molecule has 0 N–H and O–H groups in total. The van der Waals surface area contributed by atoms with Crippen LogP contribution in [0.4, 0.5) is 0 Å². The predicted octanol–water partition coefficient (Wildman–Crippen LogP) is 8.50. The summed E-state index contributed by atoms with van der Waals surface area (Å²) in [7, 11) is -0.0697. The van der Waals surface area contributed by atoms with Crippen molar-refractivity contribution in [3.05, 3.63) is 139 Å². The van der Waals surface area contributed by atoms with Crippen LogP contribution in [0.5, 0.6) is 0 Å². The van der Waals surface area contributed by atoms with Crippen molar-refractivity contribution in [2.24, 2.45) is 0 Å². The summed E-state index contributed by atoms with van der Waals surface area (Å²) >= 11 is 1.89. The highest BCUT2D eigenvalue weighted by molar-refractivity contribution is 8.04. The Hall–Kier alpha value is -3.20. The van der Waals surface area contributed by atoms with Crippen molar-refractivity contribution in [2.45, 2.75) is 30.9 Å². The van der Waals surface area contributed by atoms with Crippen molar-refractivity contribution >= 4 is 22.7 Å². The number of hydrogen-bond acceptors (Lipinski definition) is 1. The van der Waals surface area contributed by atoms with Crippen LogP contribution < -0.4 is 0 Å². The van der Waals surface area contributed by atoms with Gasteiger partial charge in [-0.15, -0.1) is 0 Å². The predicted molar refractivity (Wildman–Crippen MR) is 140 cm³/mol. The third-order valence-corrected chi connectivity index (χ3v) is 9.73. The van der Waals surface area contributed by atoms with Crippen molar-refractivity contribution in [1.29, 1.82) is 0 Å². The molecule has 2 heteroatoms. The fourth-order valence-corrected chi connectivity index (χ4v) is 8.07. The summed E-state index contributed by atoms with van der Waals surface area (Å²) in [5.74, 6) is 0. The van der Waals surface area contributed by atoms with Crippen molar-refractivity contribution in [3.8, 4) is 11.1 Å². The molecule has 0 fully saturated rings. The lowest BCUT2D eigenvalue weighted by Gasteiger charge is -2.18. The number of hydrogen-bond donors (Lipinski definition) is 0. The Labute approximate surface area is 202 Å². The number of benzene rings is 5. The molecule has 0 aliphatic carbocycles. The molecule has 0 atom stereocenters. The average molecular weight is 460 g/mol. The lowest BCUT2D eigenvalue weighted by molar-refractivity contribution is 1.12. The first-order valence-corrected chi connectivity index (χ1v) is 13.2. The molecule has 0 aromatic heterocycles. The summed E-state index contributed by atoms with van der Waals surface area (Å²) in [6, 6.07) is 46.6. The summed E-state index contributed by atoms with van der Waals surface area (Å²) < 4.78 is 0. The van der Waals surface area contributed by atoms with Gasteiger partial charge in [0.25, 0.3) is 0 Å². The highest BCUT2D eigenvalue weighted by Crippen LogP contribution is 2.48. The smallest absolute Gasteiger partial charge is 0.0795 e. The van der Waals surface area contributed by atoms with Crippen LogP contribution in [0.25, 0.3) is 11.1 Å². The lowest BCUT2D eigenvalue weighted by Crippen LogP contribution is -2.10. The molecule has 1 aliphatic rings. The zero-order valence-corrected chi connectivity index (χ0v) is 19.8. The molecule has 0 amide bonds. The number of rotatable bonds is 4. The Kier molecular flexibility index (Phi) is 5.55. The minimum absolute atomic E-state index is 0.0697. The van der Waals surface area contributed by atoms with E-state index in [1.54, 1.807) is 0 Å². The topological polar surface area (TPSA) is 0 Å². The average Bonchev–Trinajstić information content (AvgIpc) is 2.88. The van der Waals surface area contributed by atoms with E-state index in [1.807, 2.05) is 11.8 Å². The molecule has 0 spiro atoms. The molecule has 0 unspecified atom stereocenters. The van der Waals surface area contributed by atoms with E-state index in [4.69, 9.17) is 0 Å². The van der Waals surface area contributed by atoms with Crippen molar-refractivity contribution in [3.63, 3.8) is 0 Å². The summed E-state index contributed by atoms with van der Waals surface area (Å²) in [4.78, 5) is 6.98. The fraction of sp³-hybridized carbons (Fsp3) is 0.0323. The summed E-state index contributed by atoms with van der Waals surface area (Å²) in [5, 5.41) is 0. The van der Waals surface area contributed by atoms with Crippen LogP contribution >= 0.6 is 11.8 Å². The van der Waals surface area contributed by atoms with Gasteiger partial charge in [-0.05, 0) is 77.2 Å². The van der Waals surface area contributed by atoms with Gasteiger partial charge in [0.15, 0.2) is 14.7 Å². The van der Waals surface area contributed by atoms with Gasteiger partial charge >= 0.3 is 0 Å². The molecular weight excluding hydrogens is 436 g/mol. The Bertz CT molecular complexity index is 1340. The van der Waals surface area contributed by atoms with Crippen LogP contribution in [0.1, 0.15) is 11.1 Å². The largest absolute Gasteiger partial charge is 0.180 e. The second-order valence-corrected chi connectivity index (χ2v) is 11.2. The Morgan fingerprint density at radius 1 is 0.455 bits per heavy atom. The van der Waals surface area contributed by atoms with Gasteiger partial charge in [0, 0.05) is 0 Å². The molecule has 158 valence electrons. The van der Waals surface area contributed by atoms with Gasteiger partial charge < -0.3 is 0 Å². The quantitative estimate of drug-likeness (QED) is 0.238. The molecule has 5 aromatic rings. The molecule has 0 saturated carbocycles. The Morgan fingerprint density at radius 3 is 1.55 bits per heavy atom. The van der Waals surface area contributed by atoms with Crippen LogP contribution in [0.15, 0.2) is 152 Å². The second-order valence-electron chi connectivity index (χ2n) is 8.19. The van der Waals surface area contributed by atoms with Crippen LogP contribution in [-0.4, -0.2) is 0 Å². The van der Waals surface area contributed by atoms with Gasteiger partial charge in [-0.1, -0.05) is 90.6 Å². The molecule has 6 rings (SSSR count). The first-order chi connectivity index (χ1) is 16.3. The van der Waals surface area contributed by atoms with Crippen LogP contribution in [0.2, 0.25) is 0 Å². The van der Waals surface area contributed by atoms with E-state index in [9.17, 15) is 0 Å². The zero-order chi connectivity index (χ0) is 22.0. The summed E-state index contributed by atoms with van der Waals surface area (Å²) in [6.07, 6.45) is 0.972. The van der Waals surface area contributed by atoms with Crippen LogP contribution in [-0.2, 0) is 17.3 Å². The first kappa shape index (κ1) is 20.4. The van der Waals surface area contributed by atoms with E-state index in [0.717, 1.165) is 6.42 Å². The van der Waals surface area contributed by atoms with Gasteiger partial charge in [-0.3, -0.25) is 0 Å². The van der Waals surface area contributed by atoms with Gasteiger partial charge in [0.1, 0.15) is 10.9 Å². The highest BCUT2D eigenvalue weighted by atomic mass is 32.2. The molecule has 0 saturated heterocycles. The minimum atomic E-state index is -0.0697. The maximum absolute atomic E-state index is 2.32. The molecular formula is C31H23S2+. The van der Waals surface area contributed by atoms with Gasteiger partial charge in [-0.25, -0.2) is 0 Å². The summed E-state index contributed by atoms with van der Waals surface area (Å²) in [6.45, 7) is 0. The van der Waals surface area contributed by atoms with Crippen molar-refractivity contribution in [1.82, 2.24) is 0 Å². The van der Waals surface area contributed by atoms with E-state index < -0.39 is 0 Å². The normalized spacial score (nSPS) is 12.7. The minimum Gasteiger partial charge on any atom is -0.0795 e. The monoisotopic (exact) mass is 459 g/mol. The zero-order valence-electron chi connectivity index (χ0n) is 18.1. The van der Waals surface area contributed by atoms with E-state index in [-0.39, 0.29) is 10.9 Å². The standard InChI is InChI=1S/C31H23S2/c1-2-8-23(9-3-1)22-24-14-16-25(17-15-24)26-18-20-27(21-19-26)33-30-12-6-4-10-28(30)32-29-11-5-7-13-31(29)33/h1-21H,22H2/q+1. The van der Waals surface area contributed by atoms with Crippen LogP contribution in [0.3, 0.4) is 0 Å². The van der Waals surface area contributed by atoms with E-state index in [2.05, 4.69) is 127 Å². The van der Waals surface area contributed by atoms with E-state index in [1.165, 1.54) is 46.7 Å². The third-order valence-electron chi connectivity index (χ3n) is 5.99. The molecule has 5 aromatic carbocycles. The molecule has 0 radical (unpaired) electrons. The molecule has 0 bridgehead atoms. The van der Waals surface area contributed by atoms with E-state index in [0.29, 0.717) is 0 Å². The molecule has 0 nitrogen and oxygen atoms in total. The SMILES string of the molecule is c1ccc(Cc2ccc(-c3ccc([S+]4c5ccccc5Sc5ccccc54)cc3)cc2)cc1. The van der Waals surface area contributed by atoms with Crippen LogP contribution in [0, 0.1) is 0 Å². The summed E-state index contributed by atoms with van der Waals surface area (Å²) in [5.41, 5.74) is 5.22. The van der Waals surface area contributed by atoms with Crippen molar-refractivity contribution in [2.75, 3.05) is 0 Å². The van der Waals surface area contributed by atoms with Gasteiger partial charge in [0.05, 0.1) is 9.79 Å². The maximum Gasteiger partial charge on any atom is 0.180 e. The van der Waals surface area contributed by atoms with Crippen molar-refractivity contribution < 1.29 is 0 Å². The highest BCUT2D eigenvalue weighted by Gasteiger charge is 2.37. The Morgan fingerprint density at radius 2 is 0.939 bits per heavy atom. The molecule has 33 heavy (non-hydrogen) atoms. The molecule has 1 heterocycles. The van der Waals surface area contributed by atoms with E-state index >= 15 is 0 Å². The lowest BCUT2D eigenvalue weighted by atomic mass is 10.0.